The van der Waals surface area contributed by atoms with Crippen LogP contribution in [0.25, 0.3) is 0 Å². The van der Waals surface area contributed by atoms with Gasteiger partial charge in [0.15, 0.2) is 0 Å². The third kappa shape index (κ3) is 2.05. The van der Waals surface area contributed by atoms with Gasteiger partial charge >= 0.3 is 0 Å². The van der Waals surface area contributed by atoms with E-state index < -0.39 is 0 Å². The van der Waals surface area contributed by atoms with Gasteiger partial charge < -0.3 is 19.5 Å². The van der Waals surface area contributed by atoms with Crippen molar-refractivity contribution < 1.29 is 14.6 Å². The van der Waals surface area contributed by atoms with Crippen molar-refractivity contribution in [2.45, 2.75) is 49.7 Å². The van der Waals surface area contributed by atoms with Gasteiger partial charge in [0.2, 0.25) is 0 Å². The Morgan fingerprint density at radius 1 is 1.32 bits per heavy atom. The Labute approximate surface area is 150 Å². The first-order chi connectivity index (χ1) is 12.1. The summed E-state index contributed by atoms with van der Waals surface area (Å²) in [6.07, 6.45) is 6.28. The minimum Gasteiger partial charge on any atom is -0.497 e. The lowest BCUT2D eigenvalue weighted by molar-refractivity contribution is -0.0597. The van der Waals surface area contributed by atoms with Gasteiger partial charge in [-0.3, -0.25) is 0 Å². The predicted octanol–water partition coefficient (Wildman–Crippen LogP) is 2.37. The summed E-state index contributed by atoms with van der Waals surface area (Å²) in [5, 5.41) is 9.16. The minimum absolute atomic E-state index is 0.118. The molecule has 1 aliphatic heterocycles. The Bertz CT molecular complexity index is 692. The van der Waals surface area contributed by atoms with E-state index in [2.05, 4.69) is 30.1 Å². The summed E-state index contributed by atoms with van der Waals surface area (Å²) in [4.78, 5) is 2.60. The lowest BCUT2D eigenvalue weighted by atomic mass is 9.59. The van der Waals surface area contributed by atoms with Gasteiger partial charge in [0.05, 0.1) is 26.4 Å². The first-order valence-corrected chi connectivity index (χ1v) is 9.72. The molecular formula is C21H29NO3. The Balaban J connectivity index is 1.59. The second-order valence-electron chi connectivity index (χ2n) is 8.86. The molecule has 4 nitrogen and oxygen atoms in total. The van der Waals surface area contributed by atoms with Crippen LogP contribution in [-0.4, -0.2) is 56.1 Å². The predicted molar refractivity (Wildman–Crippen MR) is 96.0 cm³/mol. The zero-order valence-electron chi connectivity index (χ0n) is 15.3. The van der Waals surface area contributed by atoms with E-state index in [1.165, 1.54) is 36.9 Å². The standard InChI is InChI=1S/C21H29NO3/c1-22-13-20-10-14-3-4-15(24-2)9-18(14)21(12-20)11-16(25-8-7-23)5-6-17(21)19(20)22/h3-4,9,16-17,19,23H,5-8,10-13H2,1-2H3/t16-,17+,19?,20?,21+/m0/s1. The molecule has 2 spiro atoms. The van der Waals surface area contributed by atoms with Crippen molar-refractivity contribution in [2.75, 3.05) is 33.9 Å². The summed E-state index contributed by atoms with van der Waals surface area (Å²) < 4.78 is 11.6. The van der Waals surface area contributed by atoms with Gasteiger partial charge in [-0.05, 0) is 68.3 Å². The molecule has 0 radical (unpaired) electrons. The first-order valence-electron chi connectivity index (χ1n) is 9.72. The van der Waals surface area contributed by atoms with Crippen LogP contribution in [0.4, 0.5) is 0 Å². The van der Waals surface area contributed by atoms with Crippen molar-refractivity contribution in [3.63, 3.8) is 0 Å². The van der Waals surface area contributed by atoms with Gasteiger partial charge in [-0.2, -0.15) is 0 Å². The highest BCUT2D eigenvalue weighted by Gasteiger charge is 2.70. The average Bonchev–Trinajstić information content (AvgIpc) is 2.80. The zero-order valence-corrected chi connectivity index (χ0v) is 15.3. The Morgan fingerprint density at radius 3 is 2.96 bits per heavy atom. The van der Waals surface area contributed by atoms with Crippen molar-refractivity contribution in [3.8, 4) is 5.75 Å². The lowest BCUT2D eigenvalue weighted by Gasteiger charge is -2.55. The maximum absolute atomic E-state index is 9.16. The van der Waals surface area contributed by atoms with Crippen LogP contribution >= 0.6 is 0 Å². The highest BCUT2D eigenvalue weighted by molar-refractivity contribution is 5.49. The number of methoxy groups -OCH3 is 1. The maximum atomic E-state index is 9.16. The number of benzene rings is 1. The van der Waals surface area contributed by atoms with Crippen LogP contribution in [0.5, 0.6) is 5.75 Å². The molecular weight excluding hydrogens is 314 g/mol. The summed E-state index contributed by atoms with van der Waals surface area (Å²) in [6, 6.07) is 7.48. The SMILES string of the molecule is COc1ccc2c(c1)[C@@]13C[C@@H](OCCO)CC[C@@H]1C1N(C)CC1(C2)C3. The molecule has 5 rings (SSSR count). The minimum atomic E-state index is 0.118. The second-order valence-corrected chi connectivity index (χ2v) is 8.86. The molecule has 3 fully saturated rings. The number of hydrogen-bond donors (Lipinski definition) is 1. The monoisotopic (exact) mass is 343 g/mol. The Hall–Kier alpha value is -1.10. The van der Waals surface area contributed by atoms with Crippen molar-refractivity contribution in [1.82, 2.24) is 4.90 Å². The number of ether oxygens (including phenoxy) is 2. The summed E-state index contributed by atoms with van der Waals surface area (Å²) in [6.45, 7) is 1.82. The second kappa shape index (κ2) is 5.45. The molecule has 4 heteroatoms. The van der Waals surface area contributed by atoms with E-state index in [1.807, 2.05) is 0 Å². The largest absolute Gasteiger partial charge is 0.497 e. The fraction of sp³-hybridized carbons (Fsp3) is 0.714. The molecule has 0 aromatic heterocycles. The van der Waals surface area contributed by atoms with Crippen LogP contribution in [0.3, 0.4) is 0 Å². The third-order valence-corrected chi connectivity index (χ3v) is 7.66. The van der Waals surface area contributed by atoms with Crippen molar-refractivity contribution >= 4 is 0 Å². The van der Waals surface area contributed by atoms with Crippen LogP contribution < -0.4 is 4.74 Å². The molecule has 1 N–H and O–H groups in total. The van der Waals surface area contributed by atoms with E-state index in [0.29, 0.717) is 12.0 Å². The number of nitrogens with zero attached hydrogens (tertiary/aromatic N) is 1. The molecule has 2 unspecified atom stereocenters. The number of rotatable bonds is 4. The molecule has 3 aliphatic carbocycles. The third-order valence-electron chi connectivity index (χ3n) is 7.66. The van der Waals surface area contributed by atoms with E-state index in [0.717, 1.165) is 30.6 Å². The fourth-order valence-corrected chi connectivity index (χ4v) is 7.20. The summed E-state index contributed by atoms with van der Waals surface area (Å²) in [5.74, 6) is 1.71. The normalized spacial score (nSPS) is 41.5. The van der Waals surface area contributed by atoms with Crippen LogP contribution in [-0.2, 0) is 16.6 Å². The van der Waals surface area contributed by atoms with Crippen LogP contribution in [0.1, 0.15) is 36.8 Å². The molecule has 1 aromatic rings. The highest BCUT2D eigenvalue weighted by atomic mass is 16.5. The molecule has 5 atom stereocenters. The summed E-state index contributed by atoms with van der Waals surface area (Å²) in [7, 11) is 4.07. The van der Waals surface area contributed by atoms with Gasteiger partial charge in [-0.25, -0.2) is 0 Å². The lowest BCUT2D eigenvalue weighted by Crippen LogP contribution is -2.63. The number of fused-ring (bicyclic) bond motifs is 2. The van der Waals surface area contributed by atoms with E-state index in [-0.39, 0.29) is 18.1 Å². The molecule has 136 valence electrons. The summed E-state index contributed by atoms with van der Waals surface area (Å²) >= 11 is 0. The topological polar surface area (TPSA) is 41.9 Å². The smallest absolute Gasteiger partial charge is 0.119 e. The Kier molecular flexibility index (Phi) is 3.51. The van der Waals surface area contributed by atoms with Gasteiger partial charge in [-0.1, -0.05) is 6.07 Å². The first kappa shape index (κ1) is 16.1. The molecule has 0 amide bonds. The number of aliphatic hydroxyl groups is 1. The van der Waals surface area contributed by atoms with Crippen LogP contribution in [0.15, 0.2) is 18.2 Å². The van der Waals surface area contributed by atoms with Crippen molar-refractivity contribution in [2.24, 2.45) is 11.3 Å². The number of likely N-dealkylation sites (tertiary alicyclic amines) is 1. The van der Waals surface area contributed by atoms with Crippen LogP contribution in [0, 0.1) is 11.3 Å². The molecule has 1 heterocycles. The van der Waals surface area contributed by atoms with Gasteiger partial charge in [0.1, 0.15) is 5.75 Å². The van der Waals surface area contributed by atoms with E-state index in [1.54, 1.807) is 7.11 Å². The van der Waals surface area contributed by atoms with Crippen molar-refractivity contribution in [3.05, 3.63) is 29.3 Å². The van der Waals surface area contributed by atoms with Crippen molar-refractivity contribution in [1.29, 1.82) is 0 Å². The molecule has 1 aromatic carbocycles. The molecule has 2 bridgehead atoms. The molecule has 25 heavy (non-hydrogen) atoms. The quantitative estimate of drug-likeness (QED) is 0.911. The number of hydrogen-bond acceptors (Lipinski definition) is 4. The summed E-state index contributed by atoms with van der Waals surface area (Å²) in [5.41, 5.74) is 3.78. The molecule has 1 saturated heterocycles. The van der Waals surface area contributed by atoms with E-state index in [4.69, 9.17) is 14.6 Å². The molecule has 2 saturated carbocycles. The van der Waals surface area contributed by atoms with E-state index >= 15 is 0 Å². The number of aliphatic hydroxyl groups excluding tert-OH is 1. The van der Waals surface area contributed by atoms with Crippen LogP contribution in [0.2, 0.25) is 0 Å². The van der Waals surface area contributed by atoms with E-state index in [9.17, 15) is 0 Å². The maximum Gasteiger partial charge on any atom is 0.119 e. The fourth-order valence-electron chi connectivity index (χ4n) is 7.20. The van der Waals surface area contributed by atoms with Gasteiger partial charge in [0.25, 0.3) is 0 Å². The zero-order chi connectivity index (χ0) is 17.2. The van der Waals surface area contributed by atoms with Gasteiger partial charge in [-0.15, -0.1) is 0 Å². The average molecular weight is 343 g/mol. The van der Waals surface area contributed by atoms with Gasteiger partial charge in [0, 0.05) is 23.4 Å². The molecule has 4 aliphatic rings. The Morgan fingerprint density at radius 2 is 2.20 bits per heavy atom. The highest BCUT2D eigenvalue weighted by Crippen LogP contribution is 2.69.